The number of carbonyl (C=O) groups is 1. The van der Waals surface area contributed by atoms with Crippen LogP contribution in [0.4, 0.5) is 0 Å². The van der Waals surface area contributed by atoms with Gasteiger partial charge in [-0.2, -0.15) is 8.75 Å². The predicted octanol–water partition coefficient (Wildman–Crippen LogP) is 1.18. The van der Waals surface area contributed by atoms with Crippen molar-refractivity contribution in [2.45, 2.75) is 32.5 Å². The third-order valence-corrected chi connectivity index (χ3v) is 2.92. The van der Waals surface area contributed by atoms with Gasteiger partial charge in [0.25, 0.3) is 5.91 Å². The SMILES string of the molecule is C[C@@H]1CN(C(=O)c2cnsn2)CC(C)(C)O1. The van der Waals surface area contributed by atoms with Gasteiger partial charge in [0.05, 0.1) is 29.6 Å². The minimum atomic E-state index is -0.295. The van der Waals surface area contributed by atoms with Crippen molar-refractivity contribution in [3.63, 3.8) is 0 Å². The molecule has 16 heavy (non-hydrogen) atoms. The van der Waals surface area contributed by atoms with Crippen LogP contribution in [0.25, 0.3) is 0 Å². The van der Waals surface area contributed by atoms with Crippen LogP contribution in [0.15, 0.2) is 6.20 Å². The lowest BCUT2D eigenvalue weighted by atomic mass is 10.1. The smallest absolute Gasteiger partial charge is 0.275 e. The highest BCUT2D eigenvalue weighted by Crippen LogP contribution is 2.21. The molecule has 0 saturated carbocycles. The van der Waals surface area contributed by atoms with Gasteiger partial charge in [0.1, 0.15) is 0 Å². The lowest BCUT2D eigenvalue weighted by Gasteiger charge is -2.41. The predicted molar refractivity (Wildman–Crippen MR) is 60.4 cm³/mol. The molecule has 0 N–H and O–H groups in total. The molecular formula is C10H15N3O2S. The van der Waals surface area contributed by atoms with Crippen LogP contribution in [0.1, 0.15) is 31.3 Å². The van der Waals surface area contributed by atoms with Crippen molar-refractivity contribution >= 4 is 17.6 Å². The highest BCUT2D eigenvalue weighted by Gasteiger charge is 2.34. The van der Waals surface area contributed by atoms with Crippen LogP contribution < -0.4 is 0 Å². The van der Waals surface area contributed by atoms with Crippen molar-refractivity contribution in [2.24, 2.45) is 0 Å². The lowest BCUT2D eigenvalue weighted by molar-refractivity contribution is -0.118. The first-order valence-corrected chi connectivity index (χ1v) is 5.96. The van der Waals surface area contributed by atoms with Crippen LogP contribution in [-0.4, -0.2) is 44.3 Å². The highest BCUT2D eigenvalue weighted by atomic mass is 32.1. The average molecular weight is 241 g/mol. The van der Waals surface area contributed by atoms with Gasteiger partial charge in [-0.3, -0.25) is 4.79 Å². The van der Waals surface area contributed by atoms with Crippen molar-refractivity contribution in [2.75, 3.05) is 13.1 Å². The number of amides is 1. The van der Waals surface area contributed by atoms with Gasteiger partial charge in [-0.15, -0.1) is 0 Å². The minimum absolute atomic E-state index is 0.0549. The van der Waals surface area contributed by atoms with Crippen molar-refractivity contribution in [3.05, 3.63) is 11.9 Å². The molecule has 0 spiro atoms. The van der Waals surface area contributed by atoms with E-state index in [1.165, 1.54) is 6.20 Å². The van der Waals surface area contributed by atoms with E-state index in [1.54, 1.807) is 4.90 Å². The zero-order valence-electron chi connectivity index (χ0n) is 9.64. The summed E-state index contributed by atoms with van der Waals surface area (Å²) in [4.78, 5) is 13.9. The Bertz CT molecular complexity index is 377. The van der Waals surface area contributed by atoms with Gasteiger partial charge in [-0.1, -0.05) is 0 Å². The Morgan fingerprint density at radius 2 is 2.44 bits per heavy atom. The molecule has 5 nitrogen and oxygen atoms in total. The monoisotopic (exact) mass is 241 g/mol. The van der Waals surface area contributed by atoms with E-state index in [1.807, 2.05) is 20.8 Å². The molecule has 0 unspecified atom stereocenters. The zero-order chi connectivity index (χ0) is 11.8. The molecule has 1 atom stereocenters. The molecule has 1 aliphatic heterocycles. The molecule has 0 aliphatic carbocycles. The first-order valence-electron chi connectivity index (χ1n) is 5.22. The Balaban J connectivity index is 2.12. The molecule has 1 amide bonds. The first kappa shape index (κ1) is 11.5. The summed E-state index contributed by atoms with van der Waals surface area (Å²) >= 11 is 1.05. The van der Waals surface area contributed by atoms with Crippen LogP contribution >= 0.6 is 11.7 Å². The number of ether oxygens (including phenoxy) is 1. The van der Waals surface area contributed by atoms with Crippen molar-refractivity contribution in [1.82, 2.24) is 13.6 Å². The Morgan fingerprint density at radius 1 is 1.69 bits per heavy atom. The summed E-state index contributed by atoms with van der Waals surface area (Å²) < 4.78 is 13.6. The van der Waals surface area contributed by atoms with E-state index in [-0.39, 0.29) is 17.6 Å². The van der Waals surface area contributed by atoms with Crippen LogP contribution in [-0.2, 0) is 4.74 Å². The Hall–Kier alpha value is -1.01. The molecule has 1 aromatic heterocycles. The molecule has 1 aliphatic rings. The molecule has 0 bridgehead atoms. The Kier molecular flexibility index (Phi) is 2.94. The fourth-order valence-corrected chi connectivity index (χ4v) is 2.44. The molecule has 88 valence electrons. The maximum atomic E-state index is 12.1. The molecular weight excluding hydrogens is 226 g/mol. The topological polar surface area (TPSA) is 55.3 Å². The number of carbonyl (C=O) groups excluding carboxylic acids is 1. The van der Waals surface area contributed by atoms with Gasteiger partial charge in [0.15, 0.2) is 5.69 Å². The van der Waals surface area contributed by atoms with E-state index < -0.39 is 0 Å². The molecule has 6 heteroatoms. The van der Waals surface area contributed by atoms with E-state index in [4.69, 9.17) is 4.74 Å². The number of rotatable bonds is 1. The fraction of sp³-hybridized carbons (Fsp3) is 0.700. The number of nitrogens with zero attached hydrogens (tertiary/aromatic N) is 3. The highest BCUT2D eigenvalue weighted by molar-refractivity contribution is 6.99. The maximum Gasteiger partial charge on any atom is 0.275 e. The van der Waals surface area contributed by atoms with Crippen LogP contribution in [0.2, 0.25) is 0 Å². The molecule has 2 heterocycles. The van der Waals surface area contributed by atoms with E-state index in [9.17, 15) is 4.79 Å². The molecule has 2 rings (SSSR count). The summed E-state index contributed by atoms with van der Waals surface area (Å²) in [5, 5.41) is 0. The van der Waals surface area contributed by atoms with Crippen LogP contribution in [0, 0.1) is 0 Å². The van der Waals surface area contributed by atoms with Crippen LogP contribution in [0.5, 0.6) is 0 Å². The molecule has 1 aromatic rings. The number of hydrogen-bond acceptors (Lipinski definition) is 5. The van der Waals surface area contributed by atoms with E-state index >= 15 is 0 Å². The Morgan fingerprint density at radius 3 is 3.00 bits per heavy atom. The van der Waals surface area contributed by atoms with E-state index in [2.05, 4.69) is 8.75 Å². The third kappa shape index (κ3) is 2.38. The summed E-state index contributed by atoms with van der Waals surface area (Å²) in [6, 6.07) is 0. The van der Waals surface area contributed by atoms with Crippen molar-refractivity contribution in [3.8, 4) is 0 Å². The maximum absolute atomic E-state index is 12.1. The molecule has 1 fully saturated rings. The largest absolute Gasteiger partial charge is 0.369 e. The number of morpholine rings is 1. The fourth-order valence-electron chi connectivity index (χ4n) is 2.03. The van der Waals surface area contributed by atoms with E-state index in [0.29, 0.717) is 18.8 Å². The normalized spacial score (nSPS) is 24.4. The summed E-state index contributed by atoms with van der Waals surface area (Å²) in [5.74, 6) is -0.0584. The summed E-state index contributed by atoms with van der Waals surface area (Å²) in [7, 11) is 0. The number of hydrogen-bond donors (Lipinski definition) is 0. The summed E-state index contributed by atoms with van der Waals surface area (Å²) in [6.45, 7) is 7.15. The van der Waals surface area contributed by atoms with E-state index in [0.717, 1.165) is 11.7 Å². The second-order valence-corrected chi connectivity index (χ2v) is 5.22. The van der Waals surface area contributed by atoms with Crippen molar-refractivity contribution < 1.29 is 9.53 Å². The second-order valence-electron chi connectivity index (χ2n) is 4.67. The minimum Gasteiger partial charge on any atom is -0.369 e. The van der Waals surface area contributed by atoms with Gasteiger partial charge in [-0.25, -0.2) is 0 Å². The number of aromatic nitrogens is 2. The van der Waals surface area contributed by atoms with Gasteiger partial charge in [0, 0.05) is 13.1 Å². The van der Waals surface area contributed by atoms with Gasteiger partial charge in [0.2, 0.25) is 0 Å². The average Bonchev–Trinajstić information content (AvgIpc) is 2.65. The van der Waals surface area contributed by atoms with Gasteiger partial charge in [-0.05, 0) is 20.8 Å². The lowest BCUT2D eigenvalue weighted by Crippen LogP contribution is -2.53. The second kappa shape index (κ2) is 4.10. The van der Waals surface area contributed by atoms with Gasteiger partial charge >= 0.3 is 0 Å². The van der Waals surface area contributed by atoms with Gasteiger partial charge < -0.3 is 9.64 Å². The Labute approximate surface area is 98.7 Å². The molecule has 0 aromatic carbocycles. The standard InChI is InChI=1S/C10H15N3O2S/c1-7-5-13(6-10(2,3)15-7)9(14)8-4-11-16-12-8/h4,7H,5-6H2,1-3H3/t7-/m1/s1. The summed E-state index contributed by atoms with van der Waals surface area (Å²) in [5.41, 5.74) is 0.131. The summed E-state index contributed by atoms with van der Waals surface area (Å²) in [6.07, 6.45) is 1.57. The zero-order valence-corrected chi connectivity index (χ0v) is 10.5. The quantitative estimate of drug-likeness (QED) is 0.741. The van der Waals surface area contributed by atoms with Crippen molar-refractivity contribution in [1.29, 1.82) is 0 Å². The molecule has 0 radical (unpaired) electrons. The van der Waals surface area contributed by atoms with Crippen LogP contribution in [0.3, 0.4) is 0 Å². The molecule has 1 saturated heterocycles. The third-order valence-electron chi connectivity index (χ3n) is 2.44. The first-order chi connectivity index (χ1) is 7.48.